The summed E-state index contributed by atoms with van der Waals surface area (Å²) in [7, 11) is 1.90. The van der Waals surface area contributed by atoms with E-state index in [4.69, 9.17) is 0 Å². The fourth-order valence-corrected chi connectivity index (χ4v) is 2.05. The molecule has 4 nitrogen and oxygen atoms in total. The third-order valence-corrected chi connectivity index (χ3v) is 3.15. The molecule has 0 amide bonds. The van der Waals surface area contributed by atoms with Gasteiger partial charge in [0.2, 0.25) is 0 Å². The Morgan fingerprint density at radius 2 is 1.95 bits per heavy atom. The molecule has 2 heterocycles. The van der Waals surface area contributed by atoms with Crippen LogP contribution in [0.15, 0.2) is 43.0 Å². The summed E-state index contributed by atoms with van der Waals surface area (Å²) in [6.45, 7) is 2.05. The Morgan fingerprint density at radius 1 is 1.14 bits per heavy atom. The van der Waals surface area contributed by atoms with Crippen LogP contribution < -0.4 is 4.68 Å². The van der Waals surface area contributed by atoms with Crippen molar-refractivity contribution in [2.45, 2.75) is 6.92 Å². The molecule has 0 bridgehead atoms. The number of hydrogen-bond donors (Lipinski definition) is 0. The zero-order valence-corrected chi connectivity index (χ0v) is 15.3. The molecule has 4 radical (unpaired) electrons. The fourth-order valence-electron chi connectivity index (χ4n) is 2.05. The Hall–Kier alpha value is -1.45. The standard InChI is InChI=1S/C16H13N4.B.Y/c1-12-5-6-13(14-4-3-7-17-9-14)8-15(12)16-10-18-11-19-20(16)2;;/h3-7,10-11H,1-2H3;;/q-1;;. The smallest absolute Gasteiger partial charge is 0.193 e. The Bertz CT molecular complexity index is 750. The summed E-state index contributed by atoms with van der Waals surface area (Å²) in [5, 5.41) is 4.16. The third kappa shape index (κ3) is 3.84. The molecule has 0 spiro atoms. The van der Waals surface area contributed by atoms with Crippen LogP contribution in [0.4, 0.5) is 0 Å². The van der Waals surface area contributed by atoms with Crippen LogP contribution >= 0.6 is 0 Å². The van der Waals surface area contributed by atoms with Gasteiger partial charge in [0.15, 0.2) is 19.1 Å². The molecule has 104 valence electrons. The maximum absolute atomic E-state index is 4.16. The molecule has 0 aliphatic rings. The first kappa shape index (κ1) is 18.6. The Balaban J connectivity index is 0.00000121. The molecule has 0 unspecified atom stereocenters. The summed E-state index contributed by atoms with van der Waals surface area (Å²) < 4.78 is 1.79. The topological polar surface area (TPSA) is 42.6 Å². The first-order valence-corrected chi connectivity index (χ1v) is 6.28. The van der Waals surface area contributed by atoms with Crippen molar-refractivity contribution in [1.82, 2.24) is 15.1 Å². The first-order chi connectivity index (χ1) is 9.75. The summed E-state index contributed by atoms with van der Waals surface area (Å²) in [5.41, 5.74) is 4.93. The van der Waals surface area contributed by atoms with Gasteiger partial charge in [-0.2, -0.15) is 29.3 Å². The number of benzene rings is 1. The predicted octanol–water partition coefficient (Wildman–Crippen LogP) is 1.56. The molecule has 0 atom stereocenters. The zero-order chi connectivity index (χ0) is 13.9. The van der Waals surface area contributed by atoms with Crippen molar-refractivity contribution >= 4 is 8.41 Å². The fraction of sp³-hybridized carbons (Fsp3) is 0.125. The molecule has 0 fully saturated rings. The second-order valence-electron chi connectivity index (χ2n) is 4.51. The van der Waals surface area contributed by atoms with Gasteiger partial charge < -0.3 is 4.98 Å². The van der Waals surface area contributed by atoms with E-state index in [-0.39, 0.29) is 41.1 Å². The third-order valence-electron chi connectivity index (χ3n) is 3.15. The van der Waals surface area contributed by atoms with E-state index >= 15 is 0 Å². The second kappa shape index (κ2) is 8.25. The minimum absolute atomic E-state index is 0. The van der Waals surface area contributed by atoms with Crippen LogP contribution in [-0.2, 0) is 39.8 Å². The van der Waals surface area contributed by atoms with E-state index in [2.05, 4.69) is 40.3 Å². The van der Waals surface area contributed by atoms with Gasteiger partial charge in [0.1, 0.15) is 0 Å². The van der Waals surface area contributed by atoms with Crippen molar-refractivity contribution in [2.24, 2.45) is 7.05 Å². The van der Waals surface area contributed by atoms with Crippen LogP contribution in [0.2, 0.25) is 0 Å². The number of nitrogens with zero attached hydrogens (tertiary/aromatic N) is 4. The van der Waals surface area contributed by atoms with Gasteiger partial charge in [-0.25, -0.2) is 4.98 Å². The van der Waals surface area contributed by atoms with Gasteiger partial charge in [-0.15, -0.1) is 22.4 Å². The van der Waals surface area contributed by atoms with Crippen molar-refractivity contribution in [3.8, 4) is 22.4 Å². The normalized spacial score (nSPS) is 9.55. The molecule has 1 aromatic carbocycles. The minimum Gasteiger partial charge on any atom is -0.369 e. The molecule has 0 saturated heterocycles. The summed E-state index contributed by atoms with van der Waals surface area (Å²) in [6, 6.07) is 11.4. The summed E-state index contributed by atoms with van der Waals surface area (Å²) >= 11 is 0. The van der Waals surface area contributed by atoms with E-state index in [1.807, 2.05) is 25.2 Å². The average molecular weight is 361 g/mol. The van der Waals surface area contributed by atoms with Crippen LogP contribution in [0, 0.1) is 19.2 Å². The van der Waals surface area contributed by atoms with Gasteiger partial charge in [0.25, 0.3) is 0 Å². The van der Waals surface area contributed by atoms with E-state index in [9.17, 15) is 0 Å². The summed E-state index contributed by atoms with van der Waals surface area (Å²) in [6.07, 6.45) is 8.01. The number of rotatable bonds is 2. The largest absolute Gasteiger partial charge is 0.369 e. The molecule has 0 N–H and O–H groups in total. The van der Waals surface area contributed by atoms with Crippen LogP contribution in [-0.4, -0.2) is 23.5 Å². The van der Waals surface area contributed by atoms with Gasteiger partial charge in [-0.3, -0.25) is 0 Å². The number of aryl methyl sites for hydroxylation is 2. The summed E-state index contributed by atoms with van der Waals surface area (Å²) in [4.78, 5) is 8.12. The van der Waals surface area contributed by atoms with E-state index in [0.29, 0.717) is 0 Å². The molecule has 3 aromatic rings. The molecular formula is C16H13BN4Y-. The Kier molecular flexibility index (Phi) is 6.98. The Morgan fingerprint density at radius 3 is 2.64 bits per heavy atom. The van der Waals surface area contributed by atoms with Crippen LogP contribution in [0.1, 0.15) is 5.56 Å². The van der Waals surface area contributed by atoms with Crippen molar-refractivity contribution in [3.05, 3.63) is 60.8 Å². The number of hydrogen-bond acceptors (Lipinski definition) is 3. The van der Waals surface area contributed by atoms with E-state index < -0.39 is 0 Å². The molecule has 0 saturated carbocycles. The first-order valence-electron chi connectivity index (χ1n) is 6.28. The molecule has 3 rings (SSSR count). The average Bonchev–Trinajstić information content (AvgIpc) is 2.49. The van der Waals surface area contributed by atoms with Gasteiger partial charge >= 0.3 is 0 Å². The maximum atomic E-state index is 4.16. The van der Waals surface area contributed by atoms with E-state index in [0.717, 1.165) is 27.9 Å². The zero-order valence-electron chi connectivity index (χ0n) is 12.5. The molecule has 22 heavy (non-hydrogen) atoms. The molecular weight excluding hydrogens is 348 g/mol. The number of pyridine rings is 1. The van der Waals surface area contributed by atoms with Gasteiger partial charge in [-0.1, -0.05) is 24.9 Å². The van der Waals surface area contributed by atoms with Crippen molar-refractivity contribution < 1.29 is 37.4 Å². The molecule has 2 aromatic heterocycles. The minimum atomic E-state index is 0. The molecule has 0 aliphatic carbocycles. The summed E-state index contributed by atoms with van der Waals surface area (Å²) in [5.74, 6) is 0. The van der Waals surface area contributed by atoms with Crippen molar-refractivity contribution in [3.63, 3.8) is 0 Å². The maximum Gasteiger partial charge on any atom is 0.193 e. The Labute approximate surface area is 157 Å². The van der Waals surface area contributed by atoms with Crippen LogP contribution in [0.3, 0.4) is 0 Å². The molecule has 0 aliphatic heterocycles. The second-order valence-corrected chi connectivity index (χ2v) is 4.51. The van der Waals surface area contributed by atoms with E-state index in [1.165, 1.54) is 6.33 Å². The number of aromatic nitrogens is 4. The van der Waals surface area contributed by atoms with Crippen molar-refractivity contribution in [1.29, 1.82) is 0 Å². The van der Waals surface area contributed by atoms with E-state index in [1.54, 1.807) is 17.1 Å². The van der Waals surface area contributed by atoms with Gasteiger partial charge in [0.05, 0.1) is 6.20 Å². The predicted molar refractivity (Wildman–Crippen MR) is 80.0 cm³/mol. The van der Waals surface area contributed by atoms with Gasteiger partial charge in [0, 0.05) is 46.2 Å². The quantitative estimate of drug-likeness (QED) is 0.395. The molecule has 6 heteroatoms. The van der Waals surface area contributed by atoms with Crippen LogP contribution in [0.5, 0.6) is 0 Å². The SMILES string of the molecule is Cc1ccc(-c2[c-]nccc2)[c-]c1-c1cncn[n+]1C.[B].[Y]. The van der Waals surface area contributed by atoms with Crippen molar-refractivity contribution in [2.75, 3.05) is 0 Å². The van der Waals surface area contributed by atoms with Gasteiger partial charge in [-0.05, 0) is 0 Å². The monoisotopic (exact) mass is 361 g/mol. The van der Waals surface area contributed by atoms with Crippen LogP contribution in [0.25, 0.3) is 22.4 Å².